The Balaban J connectivity index is 3.00. The van der Waals surface area contributed by atoms with Gasteiger partial charge in [-0.1, -0.05) is 13.8 Å². The van der Waals surface area contributed by atoms with Crippen LogP contribution in [0.3, 0.4) is 0 Å². The first-order chi connectivity index (χ1) is 9.86. The molecule has 0 bridgehead atoms. The third-order valence-electron chi connectivity index (χ3n) is 2.90. The maximum absolute atomic E-state index is 12.4. The van der Waals surface area contributed by atoms with Crippen LogP contribution < -0.4 is 0 Å². The number of rotatable bonds is 6. The van der Waals surface area contributed by atoms with Gasteiger partial charge in [-0.05, 0) is 25.0 Å². The van der Waals surface area contributed by atoms with Crippen LogP contribution in [-0.4, -0.2) is 40.0 Å². The van der Waals surface area contributed by atoms with Gasteiger partial charge in [-0.25, -0.2) is 9.78 Å². The normalized spacial score (nSPS) is 10.2. The lowest BCUT2D eigenvalue weighted by Gasteiger charge is -2.23. The fourth-order valence-electron chi connectivity index (χ4n) is 1.97. The molecule has 0 unspecified atom stereocenters. The molecule has 0 aliphatic rings. The Labute approximate surface area is 124 Å². The van der Waals surface area contributed by atoms with Crippen LogP contribution in [0.4, 0.5) is 0 Å². The molecule has 1 aromatic heterocycles. The summed E-state index contributed by atoms with van der Waals surface area (Å²) in [6.07, 6.45) is 0.255. The Hall–Kier alpha value is -2.42. The molecular weight excluding hydrogens is 270 g/mol. The molecule has 0 aromatic carbocycles. The predicted molar refractivity (Wildman–Crippen MR) is 76.9 cm³/mol. The third kappa shape index (κ3) is 4.56. The number of carbonyl (C=O) groups excluding carboxylic acids is 1. The number of amides is 1. The number of hydrogen-bond acceptors (Lipinski definition) is 4. The minimum atomic E-state index is -1.07. The van der Waals surface area contributed by atoms with E-state index in [1.807, 2.05) is 19.9 Å². The zero-order valence-electron chi connectivity index (χ0n) is 12.5. The number of carbonyl (C=O) groups is 2. The van der Waals surface area contributed by atoms with E-state index in [0.717, 1.165) is 0 Å². The molecule has 0 aliphatic heterocycles. The topological polar surface area (TPSA) is 94.3 Å². The van der Waals surface area contributed by atoms with Gasteiger partial charge < -0.3 is 10.0 Å². The van der Waals surface area contributed by atoms with Gasteiger partial charge in [0, 0.05) is 13.1 Å². The van der Waals surface area contributed by atoms with Crippen LogP contribution >= 0.6 is 0 Å². The van der Waals surface area contributed by atoms with Crippen molar-refractivity contribution in [2.45, 2.75) is 27.2 Å². The number of aromatic carboxylic acids is 1. The summed E-state index contributed by atoms with van der Waals surface area (Å²) in [6, 6.07) is 4.82. The highest BCUT2D eigenvalue weighted by Gasteiger charge is 2.19. The smallest absolute Gasteiger partial charge is 0.337 e. The van der Waals surface area contributed by atoms with Gasteiger partial charge in [0.15, 0.2) is 0 Å². The zero-order valence-corrected chi connectivity index (χ0v) is 12.5. The molecule has 0 spiro atoms. The van der Waals surface area contributed by atoms with Gasteiger partial charge in [0.05, 0.1) is 23.7 Å². The van der Waals surface area contributed by atoms with Crippen LogP contribution in [0.2, 0.25) is 0 Å². The van der Waals surface area contributed by atoms with Crippen molar-refractivity contribution in [2.75, 3.05) is 13.1 Å². The van der Waals surface area contributed by atoms with Gasteiger partial charge in [-0.3, -0.25) is 4.79 Å². The number of aromatic nitrogens is 1. The van der Waals surface area contributed by atoms with Crippen molar-refractivity contribution in [1.82, 2.24) is 9.88 Å². The van der Waals surface area contributed by atoms with Crippen LogP contribution in [0, 0.1) is 24.2 Å². The van der Waals surface area contributed by atoms with E-state index in [0.29, 0.717) is 18.8 Å². The van der Waals surface area contributed by atoms with Crippen LogP contribution in [0.25, 0.3) is 0 Å². The van der Waals surface area contributed by atoms with Gasteiger partial charge in [-0.15, -0.1) is 0 Å². The number of carboxylic acid groups (broad SMARTS) is 1. The summed E-state index contributed by atoms with van der Waals surface area (Å²) in [6.45, 7) is 6.40. The molecule has 1 heterocycles. The molecule has 1 rings (SSSR count). The minimum Gasteiger partial charge on any atom is -0.478 e. The maximum atomic E-state index is 12.4. The van der Waals surface area contributed by atoms with Gasteiger partial charge >= 0.3 is 5.97 Å². The highest BCUT2D eigenvalue weighted by atomic mass is 16.4. The van der Waals surface area contributed by atoms with Crippen molar-refractivity contribution in [2.24, 2.45) is 5.92 Å². The largest absolute Gasteiger partial charge is 0.478 e. The first kappa shape index (κ1) is 16.6. The molecule has 0 aliphatic carbocycles. The Kier molecular flexibility index (Phi) is 5.85. The van der Waals surface area contributed by atoms with Gasteiger partial charge in [0.25, 0.3) is 5.91 Å². The number of hydrogen-bond donors (Lipinski definition) is 1. The van der Waals surface area contributed by atoms with Gasteiger partial charge in [0.1, 0.15) is 5.69 Å². The molecule has 0 fully saturated rings. The van der Waals surface area contributed by atoms with Crippen molar-refractivity contribution in [3.63, 3.8) is 0 Å². The van der Waals surface area contributed by atoms with Crippen LogP contribution in [0.15, 0.2) is 12.1 Å². The van der Waals surface area contributed by atoms with E-state index >= 15 is 0 Å². The second kappa shape index (κ2) is 7.39. The average Bonchev–Trinajstić information content (AvgIpc) is 2.41. The van der Waals surface area contributed by atoms with E-state index in [-0.39, 0.29) is 29.5 Å². The molecule has 0 saturated heterocycles. The average molecular weight is 289 g/mol. The van der Waals surface area contributed by atoms with E-state index in [2.05, 4.69) is 4.98 Å². The highest BCUT2D eigenvalue weighted by molar-refractivity contribution is 5.94. The molecule has 0 atom stereocenters. The van der Waals surface area contributed by atoms with Crippen LogP contribution in [0.1, 0.15) is 46.8 Å². The molecule has 112 valence electrons. The molecule has 6 heteroatoms. The maximum Gasteiger partial charge on any atom is 0.337 e. The Bertz CT molecular complexity index is 576. The molecule has 1 N–H and O–H groups in total. The predicted octanol–water partition coefficient (Wildman–Crippen LogP) is 2.10. The van der Waals surface area contributed by atoms with Crippen molar-refractivity contribution in [1.29, 1.82) is 5.26 Å². The second-order valence-electron chi connectivity index (χ2n) is 5.19. The van der Waals surface area contributed by atoms with Gasteiger partial charge in [-0.2, -0.15) is 5.26 Å². The first-order valence-electron chi connectivity index (χ1n) is 6.74. The van der Waals surface area contributed by atoms with Crippen molar-refractivity contribution >= 4 is 11.9 Å². The van der Waals surface area contributed by atoms with E-state index in [4.69, 9.17) is 10.4 Å². The second-order valence-corrected chi connectivity index (χ2v) is 5.19. The molecular formula is C15H19N3O3. The molecule has 1 amide bonds. The van der Waals surface area contributed by atoms with E-state index < -0.39 is 5.97 Å². The molecule has 0 saturated carbocycles. The minimum absolute atomic E-state index is 0.0824. The van der Waals surface area contributed by atoms with Crippen LogP contribution in [-0.2, 0) is 0 Å². The third-order valence-corrected chi connectivity index (χ3v) is 2.90. The Morgan fingerprint density at radius 1 is 1.43 bits per heavy atom. The molecule has 21 heavy (non-hydrogen) atoms. The standard InChI is InChI=1S/C15H19N3O3/c1-10(2)9-18(8-4-7-16)14(19)13-6-5-12(15(20)21)11(3)17-13/h5-6,10H,4,8-9H2,1-3H3,(H,20,21). The summed E-state index contributed by atoms with van der Waals surface area (Å²) in [5.41, 5.74) is 0.591. The molecule has 6 nitrogen and oxygen atoms in total. The fraction of sp³-hybridized carbons (Fsp3) is 0.467. The summed E-state index contributed by atoms with van der Waals surface area (Å²) in [4.78, 5) is 29.0. The van der Waals surface area contributed by atoms with Crippen molar-refractivity contribution < 1.29 is 14.7 Å². The highest BCUT2D eigenvalue weighted by Crippen LogP contribution is 2.11. The SMILES string of the molecule is Cc1nc(C(=O)N(CCC#N)CC(C)C)ccc1C(=O)O. The molecule has 0 radical (unpaired) electrons. The Morgan fingerprint density at radius 2 is 2.10 bits per heavy atom. The number of aryl methyl sites for hydroxylation is 1. The summed E-state index contributed by atoms with van der Waals surface area (Å²) in [7, 11) is 0. The monoisotopic (exact) mass is 289 g/mol. The number of carboxylic acids is 1. The zero-order chi connectivity index (χ0) is 16.0. The summed E-state index contributed by atoms with van der Waals surface area (Å²) < 4.78 is 0. The summed E-state index contributed by atoms with van der Waals surface area (Å²) >= 11 is 0. The number of nitrogens with zero attached hydrogens (tertiary/aromatic N) is 3. The van der Waals surface area contributed by atoms with E-state index in [9.17, 15) is 9.59 Å². The quantitative estimate of drug-likeness (QED) is 0.865. The van der Waals surface area contributed by atoms with E-state index in [1.54, 1.807) is 11.8 Å². The number of nitriles is 1. The van der Waals surface area contributed by atoms with Crippen LogP contribution in [0.5, 0.6) is 0 Å². The lowest BCUT2D eigenvalue weighted by atomic mass is 10.1. The van der Waals surface area contributed by atoms with Gasteiger partial charge in [0.2, 0.25) is 0 Å². The van der Waals surface area contributed by atoms with Crippen molar-refractivity contribution in [3.8, 4) is 6.07 Å². The fourth-order valence-corrected chi connectivity index (χ4v) is 1.97. The summed E-state index contributed by atoms with van der Waals surface area (Å²) in [5.74, 6) is -1.08. The first-order valence-corrected chi connectivity index (χ1v) is 6.74. The molecule has 1 aromatic rings. The lowest BCUT2D eigenvalue weighted by Crippen LogP contribution is -2.35. The summed E-state index contributed by atoms with van der Waals surface area (Å²) in [5, 5.41) is 17.6. The Morgan fingerprint density at radius 3 is 2.57 bits per heavy atom. The van der Waals surface area contributed by atoms with Crippen molar-refractivity contribution in [3.05, 3.63) is 29.1 Å². The number of pyridine rings is 1. The lowest BCUT2D eigenvalue weighted by molar-refractivity contribution is 0.0690. The van der Waals surface area contributed by atoms with E-state index in [1.165, 1.54) is 12.1 Å².